The number of carbonyl (C=O) groups is 3. The number of carbonyl (C=O) groups excluding carboxylic acids is 3. The van der Waals surface area contributed by atoms with E-state index in [2.05, 4.69) is 22.8 Å². The van der Waals surface area contributed by atoms with Crippen LogP contribution in [0.5, 0.6) is 0 Å². The predicted octanol–water partition coefficient (Wildman–Crippen LogP) is 2.79. The minimum Gasteiger partial charge on any atom is -0.545 e. The van der Waals surface area contributed by atoms with Crippen LogP contribution in [-0.2, 0) is 23.7 Å². The number of nitrogens with zero attached hydrogens (tertiary/aromatic N) is 2. The molecule has 13 nitrogen and oxygen atoms in total. The summed E-state index contributed by atoms with van der Waals surface area (Å²) in [6, 6.07) is 16.2. The van der Waals surface area contributed by atoms with Gasteiger partial charge in [-0.05, 0) is 60.6 Å². The molecular formula is C43H52N4O9. The van der Waals surface area contributed by atoms with Crippen molar-refractivity contribution in [1.82, 2.24) is 15.2 Å². The molecule has 3 unspecified atom stereocenters. The minimum atomic E-state index is -1.39. The van der Waals surface area contributed by atoms with E-state index in [9.17, 15) is 19.5 Å². The van der Waals surface area contributed by atoms with Crippen LogP contribution in [0.1, 0.15) is 33.6 Å². The van der Waals surface area contributed by atoms with Crippen molar-refractivity contribution >= 4 is 34.4 Å². The summed E-state index contributed by atoms with van der Waals surface area (Å²) in [6.45, 7) is 3.83. The van der Waals surface area contributed by atoms with Gasteiger partial charge in [-0.2, -0.15) is 0 Å². The normalized spacial score (nSPS) is 17.1. The molecule has 0 radical (unpaired) electrons. The Morgan fingerprint density at radius 3 is 2.05 bits per heavy atom. The Hall–Kier alpha value is -5.08. The molecular weight excluding hydrogens is 716 g/mol. The lowest BCUT2D eigenvalue weighted by molar-refractivity contribution is -0.254. The highest BCUT2D eigenvalue weighted by atomic mass is 16.6. The zero-order valence-corrected chi connectivity index (χ0v) is 32.6. The van der Waals surface area contributed by atoms with Crippen LogP contribution in [-0.4, -0.2) is 112 Å². The third-order valence-corrected chi connectivity index (χ3v) is 10.3. The number of hydrogen-bond acceptors (Lipinski definition) is 10. The summed E-state index contributed by atoms with van der Waals surface area (Å²) in [5, 5.41) is 20.0. The van der Waals surface area contributed by atoms with Crippen LogP contribution in [0.25, 0.3) is 33.4 Å². The number of hydrogen-bond donors (Lipinski definition) is 2. The third-order valence-electron chi connectivity index (χ3n) is 10.3. The van der Waals surface area contributed by atoms with Gasteiger partial charge in [0.05, 0.1) is 64.9 Å². The topological polar surface area (TPSA) is 155 Å². The van der Waals surface area contributed by atoms with Gasteiger partial charge in [0.25, 0.3) is 5.91 Å². The number of allylic oxidation sites excluding steroid dienone is 2. The Morgan fingerprint density at radius 1 is 0.786 bits per heavy atom. The number of nitrogens with one attached hydrogen (secondary N) is 2. The van der Waals surface area contributed by atoms with Gasteiger partial charge in [0.15, 0.2) is 0 Å². The molecule has 0 spiro atoms. The van der Waals surface area contributed by atoms with Crippen LogP contribution in [0.15, 0.2) is 71.2 Å². The number of amides is 2. The van der Waals surface area contributed by atoms with Gasteiger partial charge in [0.1, 0.15) is 25.4 Å². The smallest absolute Gasteiger partial charge is 0.251 e. The summed E-state index contributed by atoms with van der Waals surface area (Å²) in [5.74, 6) is -0.00546. The summed E-state index contributed by atoms with van der Waals surface area (Å²) < 4.78 is 30.5. The largest absolute Gasteiger partial charge is 0.545 e. The highest BCUT2D eigenvalue weighted by Crippen LogP contribution is 2.44. The molecule has 1 fully saturated rings. The highest BCUT2D eigenvalue weighted by molar-refractivity contribution is 6.09. The standard InChI is InChI=1S/C43H52N4O9/c1-46(2)31-8-11-34-38(26-31)56-39-27-32(47(3)4)9-12-35(39)40(34)33-10-7-30(25-37(33)43(50)51)41(48)44-13-15-52-17-19-54-21-22-55-20-18-53-16-14-45-42(49)36-24-28-5-6-29(36)23-28/h5-12,25-29,36H,13-24H2,1-4H3,(H2-,44,45,48,49,50,51). The average molecular weight is 769 g/mol. The molecule has 1 aliphatic heterocycles. The lowest BCUT2D eigenvalue weighted by atomic mass is 9.89. The second-order valence-electron chi connectivity index (χ2n) is 14.6. The Bertz CT molecular complexity index is 2090. The number of ether oxygens (including phenoxy) is 4. The van der Waals surface area contributed by atoms with Gasteiger partial charge in [0, 0.05) is 78.6 Å². The molecule has 2 aromatic carbocycles. The monoisotopic (exact) mass is 768 g/mol. The average Bonchev–Trinajstić information content (AvgIpc) is 3.83. The second-order valence-corrected chi connectivity index (χ2v) is 14.6. The minimum absolute atomic E-state index is 0.103. The van der Waals surface area contributed by atoms with Crippen LogP contribution in [0.3, 0.4) is 0 Å². The van der Waals surface area contributed by atoms with E-state index >= 15 is 0 Å². The lowest BCUT2D eigenvalue weighted by Gasteiger charge is -2.20. The zero-order valence-electron chi connectivity index (χ0n) is 32.6. The van der Waals surface area contributed by atoms with E-state index in [0.717, 1.165) is 34.8 Å². The van der Waals surface area contributed by atoms with Gasteiger partial charge in [-0.15, -0.1) is 0 Å². The zero-order chi connectivity index (χ0) is 39.6. The van der Waals surface area contributed by atoms with Gasteiger partial charge in [-0.1, -0.05) is 18.2 Å². The molecule has 2 bridgehead atoms. The number of fused-ring (bicyclic) bond motifs is 4. The molecule has 56 heavy (non-hydrogen) atoms. The first kappa shape index (κ1) is 40.6. The van der Waals surface area contributed by atoms with Crippen molar-refractivity contribution in [3.63, 3.8) is 0 Å². The van der Waals surface area contributed by atoms with Crippen LogP contribution in [0, 0.1) is 17.8 Å². The number of aromatic carboxylic acids is 1. The summed E-state index contributed by atoms with van der Waals surface area (Å²) in [4.78, 5) is 39.9. The Kier molecular flexibility index (Phi) is 13.9. The van der Waals surface area contributed by atoms with Gasteiger partial charge in [-0.25, -0.2) is 4.58 Å². The maximum Gasteiger partial charge on any atom is 0.251 e. The highest BCUT2D eigenvalue weighted by Gasteiger charge is 2.39. The molecule has 3 atom stereocenters. The Labute approximate surface area is 327 Å². The summed E-state index contributed by atoms with van der Waals surface area (Å²) in [6.07, 6.45) is 6.48. The molecule has 2 aromatic rings. The van der Waals surface area contributed by atoms with Gasteiger partial charge < -0.3 is 48.8 Å². The number of benzene rings is 3. The van der Waals surface area contributed by atoms with E-state index < -0.39 is 11.9 Å². The summed E-state index contributed by atoms with van der Waals surface area (Å²) in [7, 11) is 7.76. The fraction of sp³-hybridized carbons (Fsp3) is 0.442. The van der Waals surface area contributed by atoms with Crippen molar-refractivity contribution in [1.29, 1.82) is 0 Å². The predicted molar refractivity (Wildman–Crippen MR) is 212 cm³/mol. The SMILES string of the molecule is CN(C)c1ccc2c(-c3ccc(C(=O)NCCOCCOCCOCCOCCNC(=O)C4CC5C=CC4C5)cc3C(=O)[O-])c3ccc(=[N+](C)C)cc-3oc2c1. The van der Waals surface area contributed by atoms with Crippen LogP contribution < -0.4 is 30.6 Å². The van der Waals surface area contributed by atoms with Crippen molar-refractivity contribution in [2.24, 2.45) is 17.8 Å². The fourth-order valence-corrected chi connectivity index (χ4v) is 7.35. The van der Waals surface area contributed by atoms with Crippen molar-refractivity contribution < 1.29 is 42.9 Å². The van der Waals surface area contributed by atoms with E-state index in [4.69, 9.17) is 23.4 Å². The van der Waals surface area contributed by atoms with Crippen molar-refractivity contribution in [3.8, 4) is 22.5 Å². The molecule has 2 N–H and O–H groups in total. The Balaban J connectivity index is 0.911. The fourth-order valence-electron chi connectivity index (χ4n) is 7.35. The molecule has 2 amide bonds. The molecule has 0 saturated heterocycles. The van der Waals surface area contributed by atoms with Gasteiger partial charge in [-0.3, -0.25) is 9.59 Å². The van der Waals surface area contributed by atoms with E-state index in [0.29, 0.717) is 87.1 Å². The maximum absolute atomic E-state index is 13.1. The Morgan fingerprint density at radius 2 is 1.45 bits per heavy atom. The number of carboxylic acids is 1. The van der Waals surface area contributed by atoms with E-state index in [1.165, 1.54) is 6.07 Å². The van der Waals surface area contributed by atoms with Crippen molar-refractivity contribution in [3.05, 3.63) is 83.2 Å². The van der Waals surface area contributed by atoms with E-state index in [1.54, 1.807) is 12.1 Å². The first-order valence-electron chi connectivity index (χ1n) is 19.2. The third kappa shape index (κ3) is 10.0. The molecule has 6 rings (SSSR count). The van der Waals surface area contributed by atoms with Crippen molar-refractivity contribution in [2.75, 3.05) is 99.0 Å². The van der Waals surface area contributed by atoms with Gasteiger partial charge in [0.2, 0.25) is 11.3 Å². The van der Waals surface area contributed by atoms with Crippen LogP contribution in [0.2, 0.25) is 0 Å². The maximum atomic E-state index is 13.1. The first-order valence-corrected chi connectivity index (χ1v) is 19.2. The molecule has 1 heterocycles. The quantitative estimate of drug-likeness (QED) is 0.0594. The molecule has 1 saturated carbocycles. The van der Waals surface area contributed by atoms with Gasteiger partial charge >= 0.3 is 0 Å². The van der Waals surface area contributed by atoms with Crippen molar-refractivity contribution in [2.45, 2.75) is 12.8 Å². The van der Waals surface area contributed by atoms with Crippen LogP contribution >= 0.6 is 0 Å². The molecule has 13 heteroatoms. The first-order chi connectivity index (χ1) is 27.1. The molecule has 3 aliphatic carbocycles. The van der Waals surface area contributed by atoms with E-state index in [-0.39, 0.29) is 36.1 Å². The summed E-state index contributed by atoms with van der Waals surface area (Å²) in [5.41, 5.74) is 3.45. The summed E-state index contributed by atoms with van der Waals surface area (Å²) >= 11 is 0. The molecule has 4 aliphatic rings. The van der Waals surface area contributed by atoms with E-state index in [1.807, 2.05) is 74.1 Å². The number of rotatable bonds is 20. The molecule has 298 valence electrons. The lowest BCUT2D eigenvalue weighted by Crippen LogP contribution is -2.35. The number of carboxylic acid groups (broad SMARTS) is 1. The molecule has 0 aromatic heterocycles. The second kappa shape index (κ2) is 19.2. The number of anilines is 1. The van der Waals surface area contributed by atoms with Crippen LogP contribution in [0.4, 0.5) is 5.69 Å².